The highest BCUT2D eigenvalue weighted by atomic mass is 35.5. The Labute approximate surface area is 152 Å². The van der Waals surface area contributed by atoms with Crippen LogP contribution in [0.4, 0.5) is 0 Å². The first-order valence-electron chi connectivity index (χ1n) is 8.58. The number of aliphatic hydroxyl groups is 1. The third kappa shape index (κ3) is 6.39. The van der Waals surface area contributed by atoms with E-state index < -0.39 is 0 Å². The van der Waals surface area contributed by atoms with Crippen LogP contribution in [0, 0.1) is 5.92 Å². The molecule has 0 aliphatic carbocycles. The Morgan fingerprint density at radius 3 is 2.35 bits per heavy atom. The average Bonchev–Trinajstić information content (AvgIpc) is 3.14. The highest BCUT2D eigenvalue weighted by molar-refractivity contribution is 5.85. The zero-order valence-electron chi connectivity index (χ0n) is 14.3. The highest BCUT2D eigenvalue weighted by Gasteiger charge is 2.31. The number of carbonyl (C=O) groups is 1. The molecule has 0 radical (unpaired) electrons. The molecule has 2 heterocycles. The first-order valence-corrected chi connectivity index (χ1v) is 8.58. The Kier molecular flexibility index (Phi) is 11.4. The molecular weight excluding hydrogens is 337 g/mol. The van der Waals surface area contributed by atoms with Crippen LogP contribution >= 0.6 is 24.8 Å². The van der Waals surface area contributed by atoms with E-state index in [-0.39, 0.29) is 42.9 Å². The van der Waals surface area contributed by atoms with Crippen molar-refractivity contribution in [2.75, 3.05) is 26.2 Å². The van der Waals surface area contributed by atoms with Gasteiger partial charge in [-0.2, -0.15) is 0 Å². The molecule has 2 fully saturated rings. The van der Waals surface area contributed by atoms with E-state index in [0.717, 1.165) is 32.5 Å². The Bertz CT molecular complexity index is 335. The van der Waals surface area contributed by atoms with E-state index in [2.05, 4.69) is 29.4 Å². The van der Waals surface area contributed by atoms with Gasteiger partial charge in [-0.05, 0) is 38.3 Å². The van der Waals surface area contributed by atoms with E-state index in [1.165, 1.54) is 12.8 Å². The number of rotatable bonds is 7. The Balaban J connectivity index is 0.00000242. The van der Waals surface area contributed by atoms with Crippen molar-refractivity contribution in [1.82, 2.24) is 15.5 Å². The summed E-state index contributed by atoms with van der Waals surface area (Å²) in [5, 5.41) is 15.7. The van der Waals surface area contributed by atoms with Gasteiger partial charge >= 0.3 is 0 Å². The van der Waals surface area contributed by atoms with Crippen LogP contribution in [-0.4, -0.2) is 60.3 Å². The van der Waals surface area contributed by atoms with Gasteiger partial charge in [-0.3, -0.25) is 9.69 Å². The first kappa shape index (κ1) is 22.9. The molecule has 1 amide bonds. The maximum Gasteiger partial charge on any atom is 0.237 e. The van der Waals surface area contributed by atoms with Crippen LogP contribution in [0.2, 0.25) is 0 Å². The summed E-state index contributed by atoms with van der Waals surface area (Å²) in [4.78, 5) is 14.8. The third-order valence-corrected chi connectivity index (χ3v) is 5.11. The van der Waals surface area contributed by atoms with Gasteiger partial charge in [0.2, 0.25) is 5.91 Å². The predicted molar refractivity (Wildman–Crippen MR) is 98.6 cm³/mol. The molecule has 0 aromatic heterocycles. The minimum atomic E-state index is -0.380. The summed E-state index contributed by atoms with van der Waals surface area (Å²) < 4.78 is 0. The number of carbonyl (C=O) groups excluding carboxylic acids is 1. The molecule has 3 unspecified atom stereocenters. The van der Waals surface area contributed by atoms with E-state index >= 15 is 0 Å². The van der Waals surface area contributed by atoms with Crippen molar-refractivity contribution in [2.24, 2.45) is 5.92 Å². The molecule has 0 bridgehead atoms. The molecule has 3 atom stereocenters. The molecule has 2 rings (SSSR count). The van der Waals surface area contributed by atoms with Crippen LogP contribution in [0.5, 0.6) is 0 Å². The van der Waals surface area contributed by atoms with Gasteiger partial charge < -0.3 is 15.7 Å². The Hall–Kier alpha value is -0.0700. The van der Waals surface area contributed by atoms with E-state index in [1.54, 1.807) is 0 Å². The molecule has 2 aliphatic heterocycles. The smallest absolute Gasteiger partial charge is 0.237 e. The summed E-state index contributed by atoms with van der Waals surface area (Å²) in [6, 6.07) is 0.235. The second kappa shape index (κ2) is 11.5. The first-order chi connectivity index (χ1) is 10.2. The van der Waals surface area contributed by atoms with Crippen molar-refractivity contribution in [2.45, 2.75) is 64.1 Å². The zero-order valence-corrected chi connectivity index (χ0v) is 15.9. The fraction of sp³-hybridized carbons (Fsp3) is 0.938. The van der Waals surface area contributed by atoms with Crippen molar-refractivity contribution in [1.29, 1.82) is 0 Å². The maximum absolute atomic E-state index is 12.2. The lowest BCUT2D eigenvalue weighted by Gasteiger charge is -2.34. The van der Waals surface area contributed by atoms with Gasteiger partial charge in [0.1, 0.15) is 0 Å². The molecule has 5 nitrogen and oxygen atoms in total. The van der Waals surface area contributed by atoms with Gasteiger partial charge in [0.05, 0.1) is 12.1 Å². The molecule has 138 valence electrons. The molecule has 0 spiro atoms. The fourth-order valence-corrected chi connectivity index (χ4v) is 3.75. The van der Waals surface area contributed by atoms with E-state index in [1.807, 2.05) is 0 Å². The molecule has 7 heteroatoms. The van der Waals surface area contributed by atoms with Gasteiger partial charge in [0.25, 0.3) is 0 Å². The molecule has 0 saturated carbocycles. The lowest BCUT2D eigenvalue weighted by atomic mass is 9.92. The Morgan fingerprint density at radius 1 is 1.26 bits per heavy atom. The molecule has 2 saturated heterocycles. The standard InChI is InChI=1S/C16H31N3O2.2ClH/c1-3-12(4-2)15(19-7-5-6-8-19)11-18-16(21)14-9-13(20)10-17-14;;/h12-15,17,20H,3-11H2,1-2H3,(H,18,21);2*1H. The van der Waals surface area contributed by atoms with Crippen molar-refractivity contribution >= 4 is 30.7 Å². The SMILES string of the molecule is CCC(CC)C(CNC(=O)C1CC(O)CN1)N1CCCC1.Cl.Cl. The summed E-state index contributed by atoms with van der Waals surface area (Å²) in [5.74, 6) is 0.687. The predicted octanol–water partition coefficient (Wildman–Crippen LogP) is 1.57. The lowest BCUT2D eigenvalue weighted by Crippen LogP contribution is -2.50. The highest BCUT2D eigenvalue weighted by Crippen LogP contribution is 2.22. The van der Waals surface area contributed by atoms with Crippen molar-refractivity contribution in [3.05, 3.63) is 0 Å². The number of hydrogen-bond acceptors (Lipinski definition) is 4. The lowest BCUT2D eigenvalue weighted by molar-refractivity contribution is -0.123. The van der Waals surface area contributed by atoms with E-state index in [0.29, 0.717) is 24.9 Å². The van der Waals surface area contributed by atoms with Crippen LogP contribution < -0.4 is 10.6 Å². The Morgan fingerprint density at radius 2 is 1.87 bits per heavy atom. The topological polar surface area (TPSA) is 64.6 Å². The van der Waals surface area contributed by atoms with E-state index in [4.69, 9.17) is 0 Å². The number of halogens is 2. The van der Waals surface area contributed by atoms with Crippen LogP contribution in [-0.2, 0) is 4.79 Å². The average molecular weight is 370 g/mol. The molecule has 0 aromatic carbocycles. The zero-order chi connectivity index (χ0) is 15.2. The number of nitrogens with zero attached hydrogens (tertiary/aromatic N) is 1. The minimum absolute atomic E-state index is 0. The number of aliphatic hydroxyl groups excluding tert-OH is 1. The van der Waals surface area contributed by atoms with Gasteiger partial charge in [-0.15, -0.1) is 24.8 Å². The summed E-state index contributed by atoms with van der Waals surface area (Å²) in [5.41, 5.74) is 0. The molecule has 0 aromatic rings. The van der Waals surface area contributed by atoms with Crippen molar-refractivity contribution < 1.29 is 9.90 Å². The molecular formula is C16H33Cl2N3O2. The van der Waals surface area contributed by atoms with Gasteiger partial charge in [-0.1, -0.05) is 26.7 Å². The summed E-state index contributed by atoms with van der Waals surface area (Å²) >= 11 is 0. The number of hydrogen-bond donors (Lipinski definition) is 3. The van der Waals surface area contributed by atoms with Crippen LogP contribution in [0.25, 0.3) is 0 Å². The van der Waals surface area contributed by atoms with Crippen LogP contribution in [0.1, 0.15) is 46.0 Å². The third-order valence-electron chi connectivity index (χ3n) is 5.11. The van der Waals surface area contributed by atoms with Gasteiger partial charge in [-0.25, -0.2) is 0 Å². The van der Waals surface area contributed by atoms with Gasteiger partial charge in [0, 0.05) is 19.1 Å². The quantitative estimate of drug-likeness (QED) is 0.637. The summed E-state index contributed by atoms with van der Waals surface area (Å²) in [6.45, 7) is 8.08. The van der Waals surface area contributed by atoms with Gasteiger partial charge in [0.15, 0.2) is 0 Å². The number of β-amino-alcohol motifs (C(OH)–C–C–N with tert-alkyl or cyclic N) is 1. The normalized spacial score (nSPS) is 25.7. The van der Waals surface area contributed by atoms with Crippen molar-refractivity contribution in [3.63, 3.8) is 0 Å². The monoisotopic (exact) mass is 369 g/mol. The van der Waals surface area contributed by atoms with Crippen LogP contribution in [0.3, 0.4) is 0 Å². The summed E-state index contributed by atoms with van der Waals surface area (Å²) in [6.07, 6.45) is 5.03. The summed E-state index contributed by atoms with van der Waals surface area (Å²) in [7, 11) is 0. The number of amides is 1. The largest absolute Gasteiger partial charge is 0.392 e. The van der Waals surface area contributed by atoms with Crippen molar-refractivity contribution in [3.8, 4) is 0 Å². The number of likely N-dealkylation sites (tertiary alicyclic amines) is 1. The molecule has 23 heavy (non-hydrogen) atoms. The minimum Gasteiger partial charge on any atom is -0.392 e. The van der Waals surface area contributed by atoms with Crippen LogP contribution in [0.15, 0.2) is 0 Å². The second-order valence-electron chi connectivity index (χ2n) is 6.48. The molecule has 2 aliphatic rings. The second-order valence-corrected chi connectivity index (χ2v) is 6.48. The fourth-order valence-electron chi connectivity index (χ4n) is 3.75. The van der Waals surface area contributed by atoms with E-state index in [9.17, 15) is 9.90 Å². The maximum atomic E-state index is 12.2. The molecule has 3 N–H and O–H groups in total. The number of nitrogens with one attached hydrogen (secondary N) is 2.